The molecule has 0 amide bonds. The number of rotatable bonds is 1. The van der Waals surface area contributed by atoms with Crippen molar-refractivity contribution in [3.8, 4) is 0 Å². The van der Waals surface area contributed by atoms with E-state index in [4.69, 9.17) is 5.73 Å². The zero-order valence-corrected chi connectivity index (χ0v) is 10.2. The molecule has 0 aromatic carbocycles. The van der Waals surface area contributed by atoms with Crippen LogP contribution in [0.1, 0.15) is 29.1 Å². The van der Waals surface area contributed by atoms with Crippen LogP contribution >= 0.6 is 11.3 Å². The Labute approximate surface area is 104 Å². The highest BCUT2D eigenvalue weighted by Gasteiger charge is 2.18. The summed E-state index contributed by atoms with van der Waals surface area (Å²) in [5.74, 6) is 0. The molecular weight excluding hydrogens is 230 g/mol. The molecule has 0 saturated heterocycles. The number of fused-ring (bicyclic) bond motifs is 1. The Kier molecular flexibility index (Phi) is 2.65. The van der Waals surface area contributed by atoms with E-state index in [0.717, 1.165) is 24.2 Å². The lowest BCUT2D eigenvalue weighted by atomic mass is 9.96. The second kappa shape index (κ2) is 4.30. The van der Waals surface area contributed by atoms with Gasteiger partial charge in [0.1, 0.15) is 0 Å². The van der Waals surface area contributed by atoms with Crippen LogP contribution in [0.25, 0.3) is 11.6 Å². The number of aryl methyl sites for hydroxylation is 1. The van der Waals surface area contributed by atoms with E-state index < -0.39 is 0 Å². The molecule has 1 aliphatic carbocycles. The van der Waals surface area contributed by atoms with Gasteiger partial charge in [0.25, 0.3) is 0 Å². The summed E-state index contributed by atoms with van der Waals surface area (Å²) < 4.78 is 0. The molecule has 0 bridgehead atoms. The maximum Gasteiger partial charge on any atom is 0.180 e. The minimum Gasteiger partial charge on any atom is -0.375 e. The van der Waals surface area contributed by atoms with Gasteiger partial charge in [-0.3, -0.25) is 4.98 Å². The third kappa shape index (κ3) is 2.08. The minimum atomic E-state index is 0.670. The Morgan fingerprint density at radius 1 is 1.29 bits per heavy atom. The van der Waals surface area contributed by atoms with Crippen LogP contribution in [0.2, 0.25) is 0 Å². The van der Waals surface area contributed by atoms with Crippen LogP contribution < -0.4 is 5.73 Å². The van der Waals surface area contributed by atoms with Crippen LogP contribution in [0.5, 0.6) is 0 Å². The lowest BCUT2D eigenvalue weighted by molar-refractivity contribution is 0.831. The third-order valence-corrected chi connectivity index (χ3v) is 3.82. The predicted molar refractivity (Wildman–Crippen MR) is 71.6 cm³/mol. The average Bonchev–Trinajstić information content (AvgIpc) is 2.72. The van der Waals surface area contributed by atoms with Crippen molar-refractivity contribution >= 4 is 28.1 Å². The number of nitrogens with zero attached hydrogens (tertiary/aromatic N) is 2. The number of pyridine rings is 1. The van der Waals surface area contributed by atoms with E-state index in [1.807, 2.05) is 24.4 Å². The van der Waals surface area contributed by atoms with Crippen LogP contribution in [0.3, 0.4) is 0 Å². The Balaban J connectivity index is 2.03. The number of aromatic nitrogens is 2. The third-order valence-electron chi connectivity index (χ3n) is 2.88. The molecule has 0 unspecified atom stereocenters. The summed E-state index contributed by atoms with van der Waals surface area (Å²) in [6.45, 7) is 0. The first-order chi connectivity index (χ1) is 8.33. The van der Waals surface area contributed by atoms with Crippen molar-refractivity contribution in [2.75, 3.05) is 5.73 Å². The topological polar surface area (TPSA) is 51.8 Å². The van der Waals surface area contributed by atoms with Gasteiger partial charge >= 0.3 is 0 Å². The molecule has 1 aliphatic rings. The molecule has 2 heterocycles. The second-order valence-electron chi connectivity index (χ2n) is 4.10. The maximum atomic E-state index is 5.78. The highest BCUT2D eigenvalue weighted by molar-refractivity contribution is 7.15. The zero-order chi connectivity index (χ0) is 11.7. The van der Waals surface area contributed by atoms with Crippen molar-refractivity contribution in [3.63, 3.8) is 0 Å². The first-order valence-electron chi connectivity index (χ1n) is 5.70. The number of allylic oxidation sites excluding steroid dienone is 1. The normalized spacial score (nSPS) is 17.1. The summed E-state index contributed by atoms with van der Waals surface area (Å²) in [5.41, 5.74) is 9.12. The van der Waals surface area contributed by atoms with Gasteiger partial charge in [-0.2, -0.15) is 0 Å². The standard InChI is InChI=1S/C13H13N3S/c14-13-16-12-9(4-3-6-11(12)17-13)8-10-5-1-2-7-15-10/h1-2,5,7-8H,3-4,6H2,(H2,14,16)/b9-8-. The van der Waals surface area contributed by atoms with Crippen LogP contribution in [0.15, 0.2) is 24.4 Å². The summed E-state index contributed by atoms with van der Waals surface area (Å²) in [7, 11) is 0. The first-order valence-corrected chi connectivity index (χ1v) is 6.52. The fourth-order valence-corrected chi connectivity index (χ4v) is 3.04. The van der Waals surface area contributed by atoms with Crippen LogP contribution in [0.4, 0.5) is 5.13 Å². The van der Waals surface area contributed by atoms with Crippen molar-refractivity contribution in [1.29, 1.82) is 0 Å². The van der Waals surface area contributed by atoms with Gasteiger partial charge in [-0.1, -0.05) is 6.07 Å². The van der Waals surface area contributed by atoms with E-state index in [0.29, 0.717) is 5.13 Å². The average molecular weight is 243 g/mol. The minimum absolute atomic E-state index is 0.670. The van der Waals surface area contributed by atoms with Crippen molar-refractivity contribution in [2.45, 2.75) is 19.3 Å². The molecule has 0 aliphatic heterocycles. The molecule has 0 fully saturated rings. The lowest BCUT2D eigenvalue weighted by Gasteiger charge is -2.12. The Morgan fingerprint density at radius 3 is 3.06 bits per heavy atom. The molecule has 17 heavy (non-hydrogen) atoms. The molecular formula is C13H13N3S. The van der Waals surface area contributed by atoms with E-state index in [-0.39, 0.29) is 0 Å². The number of thiazole rings is 1. The van der Waals surface area contributed by atoms with Gasteiger partial charge in [-0.25, -0.2) is 4.98 Å². The summed E-state index contributed by atoms with van der Waals surface area (Å²) in [4.78, 5) is 10.1. The van der Waals surface area contributed by atoms with Gasteiger partial charge in [0.2, 0.25) is 0 Å². The van der Waals surface area contributed by atoms with E-state index >= 15 is 0 Å². The largest absolute Gasteiger partial charge is 0.375 e. The zero-order valence-electron chi connectivity index (χ0n) is 9.39. The van der Waals surface area contributed by atoms with E-state index in [9.17, 15) is 0 Å². The molecule has 0 radical (unpaired) electrons. The van der Waals surface area contributed by atoms with E-state index in [2.05, 4.69) is 16.0 Å². The fraction of sp³-hybridized carbons (Fsp3) is 0.231. The number of nitrogens with two attached hydrogens (primary N) is 1. The molecule has 2 aromatic heterocycles. The van der Waals surface area contributed by atoms with Crippen molar-refractivity contribution in [1.82, 2.24) is 9.97 Å². The van der Waals surface area contributed by atoms with Gasteiger partial charge in [0.15, 0.2) is 5.13 Å². The molecule has 2 N–H and O–H groups in total. The number of hydrogen-bond acceptors (Lipinski definition) is 4. The second-order valence-corrected chi connectivity index (χ2v) is 5.22. The number of hydrogen-bond donors (Lipinski definition) is 1. The fourth-order valence-electron chi connectivity index (χ4n) is 2.13. The van der Waals surface area contributed by atoms with Gasteiger partial charge < -0.3 is 5.73 Å². The van der Waals surface area contributed by atoms with E-state index in [1.54, 1.807) is 11.3 Å². The molecule has 2 aromatic rings. The molecule has 0 atom stereocenters. The predicted octanol–water partition coefficient (Wildman–Crippen LogP) is 3.00. The first kappa shape index (κ1) is 10.5. The maximum absolute atomic E-state index is 5.78. The Bertz CT molecular complexity index is 557. The number of nitrogen functional groups attached to an aromatic ring is 1. The van der Waals surface area contributed by atoms with Crippen molar-refractivity contribution in [2.24, 2.45) is 0 Å². The number of anilines is 1. The quantitative estimate of drug-likeness (QED) is 0.837. The summed E-state index contributed by atoms with van der Waals surface area (Å²) >= 11 is 1.61. The van der Waals surface area contributed by atoms with E-state index in [1.165, 1.54) is 16.9 Å². The van der Waals surface area contributed by atoms with Crippen LogP contribution in [-0.4, -0.2) is 9.97 Å². The SMILES string of the molecule is Nc1nc2c(s1)CCC/C2=C/c1ccccn1. The Hall–Kier alpha value is -1.68. The highest BCUT2D eigenvalue weighted by atomic mass is 32.1. The lowest BCUT2D eigenvalue weighted by Crippen LogP contribution is -1.99. The Morgan fingerprint density at radius 2 is 2.24 bits per heavy atom. The molecule has 0 saturated carbocycles. The summed E-state index contributed by atoms with van der Waals surface area (Å²) in [5, 5.41) is 0.670. The molecule has 86 valence electrons. The monoisotopic (exact) mass is 243 g/mol. The van der Waals surface area contributed by atoms with Gasteiger partial charge in [0.05, 0.1) is 11.4 Å². The highest BCUT2D eigenvalue weighted by Crippen LogP contribution is 2.35. The molecule has 4 heteroatoms. The summed E-state index contributed by atoms with van der Waals surface area (Å²) in [6.07, 6.45) is 7.27. The van der Waals surface area contributed by atoms with Crippen molar-refractivity contribution < 1.29 is 0 Å². The van der Waals surface area contributed by atoms with Crippen LogP contribution in [-0.2, 0) is 6.42 Å². The summed E-state index contributed by atoms with van der Waals surface area (Å²) in [6, 6.07) is 5.94. The van der Waals surface area contributed by atoms with Crippen LogP contribution in [0, 0.1) is 0 Å². The van der Waals surface area contributed by atoms with Gasteiger partial charge in [-0.15, -0.1) is 11.3 Å². The smallest absolute Gasteiger partial charge is 0.180 e. The molecule has 0 spiro atoms. The molecule has 3 nitrogen and oxygen atoms in total. The van der Waals surface area contributed by atoms with Gasteiger partial charge in [-0.05, 0) is 43.0 Å². The van der Waals surface area contributed by atoms with Crippen molar-refractivity contribution in [3.05, 3.63) is 40.7 Å². The van der Waals surface area contributed by atoms with Gasteiger partial charge in [0, 0.05) is 11.1 Å². The molecule has 3 rings (SSSR count).